The van der Waals surface area contributed by atoms with Crippen molar-refractivity contribution in [3.63, 3.8) is 0 Å². The fourth-order valence-corrected chi connectivity index (χ4v) is 3.41. The van der Waals surface area contributed by atoms with Crippen LogP contribution in [-0.2, 0) is 14.4 Å². The number of nitrogens with one attached hydrogen (secondary N) is 1. The van der Waals surface area contributed by atoms with Gasteiger partial charge in [-0.1, -0.05) is 23.4 Å². The van der Waals surface area contributed by atoms with Crippen LogP contribution in [0, 0.1) is 0 Å². The van der Waals surface area contributed by atoms with Crippen molar-refractivity contribution in [3.8, 4) is 0 Å². The van der Waals surface area contributed by atoms with Gasteiger partial charge in [0.25, 0.3) is 17.7 Å². The predicted molar refractivity (Wildman–Crippen MR) is 118 cm³/mol. The van der Waals surface area contributed by atoms with Gasteiger partial charge in [-0.2, -0.15) is 0 Å². The first kappa shape index (κ1) is 23.6. The first-order valence-corrected chi connectivity index (χ1v) is 9.87. The first-order valence-electron chi connectivity index (χ1n) is 9.87. The smallest absolute Gasteiger partial charge is 0.328 e. The summed E-state index contributed by atoms with van der Waals surface area (Å²) in [6.45, 7) is 1.15. The zero-order valence-corrected chi connectivity index (χ0v) is 17.8. The number of aliphatic carboxylic acids is 1. The number of allylic oxidation sites excluding steroid dienone is 1. The number of hydrogen-bond acceptors (Lipinski definition) is 5. The lowest BCUT2D eigenvalue weighted by molar-refractivity contribution is -0.131. The second-order valence-corrected chi connectivity index (χ2v) is 7.22. The molecule has 0 bridgehead atoms. The summed E-state index contributed by atoms with van der Waals surface area (Å²) in [6.07, 6.45) is -0.252. The molecule has 0 saturated carbocycles. The lowest BCUT2D eigenvalue weighted by Gasteiger charge is -2.23. The van der Waals surface area contributed by atoms with Crippen molar-refractivity contribution in [2.75, 3.05) is 23.9 Å². The van der Waals surface area contributed by atoms with E-state index in [1.54, 1.807) is 6.07 Å². The number of carboxylic acids is 1. The Bertz CT molecular complexity index is 1140. The topological polar surface area (TPSA) is 108 Å². The highest BCUT2D eigenvalue weighted by molar-refractivity contribution is 6.42. The number of amides is 2. The van der Waals surface area contributed by atoms with Gasteiger partial charge in [-0.05, 0) is 37.3 Å². The van der Waals surface area contributed by atoms with Crippen LogP contribution in [0.4, 0.5) is 20.2 Å². The Hall–Kier alpha value is -4.08. The van der Waals surface area contributed by atoms with Gasteiger partial charge in [0.05, 0.1) is 5.69 Å². The number of benzene rings is 2. The van der Waals surface area contributed by atoms with Crippen LogP contribution >= 0.6 is 0 Å². The highest BCUT2D eigenvalue weighted by atomic mass is 19.3. The average Bonchev–Trinajstić information content (AvgIpc) is 2.88. The molecule has 1 aliphatic heterocycles. The second kappa shape index (κ2) is 9.60. The van der Waals surface area contributed by atoms with E-state index in [0.717, 1.165) is 0 Å². The number of carbonyl (C=O) groups is 3. The van der Waals surface area contributed by atoms with Crippen LogP contribution in [-0.4, -0.2) is 48.2 Å². The predicted octanol–water partition coefficient (Wildman–Crippen LogP) is 3.80. The largest absolute Gasteiger partial charge is 0.478 e. The summed E-state index contributed by atoms with van der Waals surface area (Å²) in [5, 5.41) is 15.2. The van der Waals surface area contributed by atoms with Crippen LogP contribution in [0.1, 0.15) is 29.3 Å². The molecular weight excluding hydrogens is 436 g/mol. The van der Waals surface area contributed by atoms with Crippen LogP contribution in [0.5, 0.6) is 0 Å². The van der Waals surface area contributed by atoms with Crippen molar-refractivity contribution >= 4 is 40.4 Å². The number of nitrogens with zero attached hydrogens (tertiary/aromatic N) is 2. The van der Waals surface area contributed by atoms with Gasteiger partial charge < -0.3 is 20.2 Å². The molecule has 2 aromatic rings. The van der Waals surface area contributed by atoms with Crippen LogP contribution < -0.4 is 10.2 Å². The van der Waals surface area contributed by atoms with Gasteiger partial charge in [-0.3, -0.25) is 9.59 Å². The van der Waals surface area contributed by atoms with Crippen molar-refractivity contribution in [2.24, 2.45) is 5.16 Å². The molecule has 0 saturated heterocycles. The summed E-state index contributed by atoms with van der Waals surface area (Å²) < 4.78 is 29.5. The molecule has 2 aromatic carbocycles. The number of para-hydroxylation sites is 1. The average molecular weight is 457 g/mol. The Kier molecular flexibility index (Phi) is 6.86. The Balaban J connectivity index is 1.91. The van der Waals surface area contributed by atoms with Crippen LogP contribution in [0.2, 0.25) is 0 Å². The fraction of sp³-hybridized carbons (Fsp3) is 0.217. The van der Waals surface area contributed by atoms with E-state index >= 15 is 0 Å². The molecule has 8 nitrogen and oxygen atoms in total. The summed E-state index contributed by atoms with van der Waals surface area (Å²) in [7, 11) is 1.31. The number of carboxylic acid groups (broad SMARTS) is 1. The number of oxime groups is 1. The summed E-state index contributed by atoms with van der Waals surface area (Å²) >= 11 is 0. The van der Waals surface area contributed by atoms with E-state index in [4.69, 9.17) is 5.11 Å². The number of anilines is 2. The fourth-order valence-electron chi connectivity index (χ4n) is 3.41. The van der Waals surface area contributed by atoms with Crippen LogP contribution in [0.25, 0.3) is 5.57 Å². The zero-order chi connectivity index (χ0) is 24.2. The normalized spacial score (nSPS) is 16.5. The molecule has 0 aromatic heterocycles. The number of alkyl halides is 2. The molecule has 0 aliphatic carbocycles. The second-order valence-electron chi connectivity index (χ2n) is 7.22. The Morgan fingerprint density at radius 3 is 2.45 bits per heavy atom. The summed E-state index contributed by atoms with van der Waals surface area (Å²) in [4.78, 5) is 42.1. The van der Waals surface area contributed by atoms with Gasteiger partial charge >= 0.3 is 5.97 Å². The molecule has 2 amide bonds. The first-order chi connectivity index (χ1) is 15.6. The van der Waals surface area contributed by atoms with Crippen molar-refractivity contribution in [3.05, 3.63) is 65.7 Å². The van der Waals surface area contributed by atoms with E-state index in [-0.39, 0.29) is 29.1 Å². The standard InChI is InChI=1S/C23H21F2N3O5/c1-14(27-33-2)21(31)26-16-9-7-15(8-10-16)22(32)28-12-11-23(24,25)18(13-20(29)30)17-5-3-4-6-19(17)28/h3-10,13H,11-12H2,1-2H3,(H,26,31)(H,29,30)/b18-13-,27-14?. The maximum Gasteiger partial charge on any atom is 0.328 e. The quantitative estimate of drug-likeness (QED) is 0.403. The maximum atomic E-state index is 14.8. The summed E-state index contributed by atoms with van der Waals surface area (Å²) in [5.41, 5.74) is 0.233. The Morgan fingerprint density at radius 1 is 1.15 bits per heavy atom. The molecule has 0 radical (unpaired) electrons. The van der Waals surface area contributed by atoms with Crippen LogP contribution in [0.15, 0.2) is 59.8 Å². The third-order valence-electron chi connectivity index (χ3n) is 4.99. The SMILES string of the molecule is CON=C(C)C(=O)Nc1ccc(C(=O)N2CCC(F)(F)/C(=C\C(=O)O)c3ccccc32)cc1. The maximum absolute atomic E-state index is 14.8. The number of halogens is 2. The monoisotopic (exact) mass is 457 g/mol. The molecule has 172 valence electrons. The number of hydrogen-bond donors (Lipinski definition) is 2. The lowest BCUT2D eigenvalue weighted by atomic mass is 9.97. The van der Waals surface area contributed by atoms with Gasteiger partial charge in [0.15, 0.2) is 0 Å². The van der Waals surface area contributed by atoms with E-state index in [2.05, 4.69) is 15.3 Å². The highest BCUT2D eigenvalue weighted by Crippen LogP contribution is 2.43. The number of carbonyl (C=O) groups excluding carboxylic acids is 2. The minimum atomic E-state index is -3.43. The van der Waals surface area contributed by atoms with Crippen molar-refractivity contribution < 1.29 is 33.1 Å². The molecule has 0 spiro atoms. The van der Waals surface area contributed by atoms with Gasteiger partial charge in [-0.25, -0.2) is 13.6 Å². The molecule has 1 heterocycles. The third-order valence-corrected chi connectivity index (χ3v) is 4.99. The molecule has 1 aliphatic rings. The van der Waals surface area contributed by atoms with Crippen molar-refractivity contribution in [1.29, 1.82) is 0 Å². The van der Waals surface area contributed by atoms with Crippen LogP contribution in [0.3, 0.4) is 0 Å². The number of fused-ring (bicyclic) bond motifs is 1. The van der Waals surface area contributed by atoms with E-state index in [0.29, 0.717) is 11.8 Å². The highest BCUT2D eigenvalue weighted by Gasteiger charge is 2.41. The van der Waals surface area contributed by atoms with E-state index in [9.17, 15) is 23.2 Å². The molecule has 2 N–H and O–H groups in total. The number of rotatable bonds is 5. The Labute approximate surface area is 188 Å². The van der Waals surface area contributed by atoms with Gasteiger partial charge in [0.1, 0.15) is 12.8 Å². The zero-order valence-electron chi connectivity index (χ0n) is 17.8. The van der Waals surface area contributed by atoms with Gasteiger partial charge in [-0.15, -0.1) is 0 Å². The van der Waals surface area contributed by atoms with Crippen molar-refractivity contribution in [1.82, 2.24) is 0 Å². The van der Waals surface area contributed by atoms with Gasteiger partial charge in [0, 0.05) is 41.4 Å². The molecule has 3 rings (SSSR count). The molecular formula is C23H21F2N3O5. The minimum absolute atomic E-state index is 0.0208. The summed E-state index contributed by atoms with van der Waals surface area (Å²) in [5.74, 6) is -5.95. The molecule has 0 fully saturated rings. The Morgan fingerprint density at radius 2 is 1.82 bits per heavy atom. The molecule has 0 unspecified atom stereocenters. The van der Waals surface area contributed by atoms with E-state index < -0.39 is 35.7 Å². The minimum Gasteiger partial charge on any atom is -0.478 e. The summed E-state index contributed by atoms with van der Waals surface area (Å²) in [6, 6.07) is 11.9. The van der Waals surface area contributed by atoms with Crippen molar-refractivity contribution in [2.45, 2.75) is 19.3 Å². The lowest BCUT2D eigenvalue weighted by Crippen LogP contribution is -2.33. The van der Waals surface area contributed by atoms with E-state index in [1.165, 1.54) is 61.4 Å². The molecule has 0 atom stereocenters. The molecule has 10 heteroatoms. The van der Waals surface area contributed by atoms with E-state index in [1.807, 2.05) is 0 Å². The van der Waals surface area contributed by atoms with Gasteiger partial charge in [0.2, 0.25) is 0 Å². The third kappa shape index (κ3) is 5.22. The molecule has 33 heavy (non-hydrogen) atoms.